The number of benzene rings is 1. The molecule has 0 aromatic heterocycles. The summed E-state index contributed by atoms with van der Waals surface area (Å²) < 4.78 is 25.4. The lowest BCUT2D eigenvalue weighted by Gasteiger charge is -2.13. The number of hydrogen-bond donors (Lipinski definition) is 2. The summed E-state index contributed by atoms with van der Waals surface area (Å²) in [6.45, 7) is 1.63. The molecule has 0 radical (unpaired) electrons. The van der Waals surface area contributed by atoms with Gasteiger partial charge in [-0.15, -0.1) is 0 Å². The normalized spacial score (nSPS) is 12.0. The van der Waals surface area contributed by atoms with Crippen LogP contribution in [0.3, 0.4) is 0 Å². The number of carbonyl (C=O) groups is 1. The SMILES string of the molecule is CNC(=O)C(C)Nc1ccc(F)c(F)c1. The Labute approximate surface area is 86.5 Å². The predicted octanol–water partition coefficient (Wildman–Crippen LogP) is 1.51. The lowest BCUT2D eigenvalue weighted by molar-refractivity contribution is -0.121. The number of halogens is 2. The molecule has 0 heterocycles. The fourth-order valence-electron chi connectivity index (χ4n) is 1.12. The Bertz CT molecular complexity index is 368. The van der Waals surface area contributed by atoms with E-state index in [0.717, 1.165) is 12.1 Å². The summed E-state index contributed by atoms with van der Waals surface area (Å²) >= 11 is 0. The molecule has 1 aromatic carbocycles. The summed E-state index contributed by atoms with van der Waals surface area (Å²) in [4.78, 5) is 11.1. The van der Waals surface area contributed by atoms with Crippen LogP contribution in [0.4, 0.5) is 14.5 Å². The molecule has 3 nitrogen and oxygen atoms in total. The number of hydrogen-bond acceptors (Lipinski definition) is 2. The van der Waals surface area contributed by atoms with Crippen LogP contribution in [0, 0.1) is 11.6 Å². The van der Waals surface area contributed by atoms with Crippen LogP contribution in [0.2, 0.25) is 0 Å². The van der Waals surface area contributed by atoms with Crippen molar-refractivity contribution in [2.75, 3.05) is 12.4 Å². The van der Waals surface area contributed by atoms with E-state index in [1.165, 1.54) is 13.1 Å². The van der Waals surface area contributed by atoms with Crippen LogP contribution in [0.25, 0.3) is 0 Å². The lowest BCUT2D eigenvalue weighted by atomic mass is 10.2. The molecule has 0 aliphatic carbocycles. The lowest BCUT2D eigenvalue weighted by Crippen LogP contribution is -2.35. The molecule has 0 bridgehead atoms. The van der Waals surface area contributed by atoms with E-state index in [4.69, 9.17) is 0 Å². The van der Waals surface area contributed by atoms with Gasteiger partial charge >= 0.3 is 0 Å². The molecule has 1 amide bonds. The summed E-state index contributed by atoms with van der Waals surface area (Å²) in [6.07, 6.45) is 0. The first-order valence-electron chi connectivity index (χ1n) is 4.47. The van der Waals surface area contributed by atoms with Gasteiger partial charge < -0.3 is 10.6 Å². The van der Waals surface area contributed by atoms with E-state index in [-0.39, 0.29) is 5.91 Å². The van der Waals surface area contributed by atoms with E-state index >= 15 is 0 Å². The van der Waals surface area contributed by atoms with Gasteiger partial charge in [-0.1, -0.05) is 0 Å². The standard InChI is InChI=1S/C10H12F2N2O/c1-6(10(15)13-2)14-7-3-4-8(11)9(12)5-7/h3-6,14H,1-2H3,(H,13,15). The Hall–Kier alpha value is -1.65. The van der Waals surface area contributed by atoms with E-state index in [1.807, 2.05) is 0 Å². The highest BCUT2D eigenvalue weighted by molar-refractivity contribution is 5.83. The molecule has 15 heavy (non-hydrogen) atoms. The number of likely N-dealkylation sites (N-methyl/N-ethyl adjacent to an activating group) is 1. The summed E-state index contributed by atoms with van der Waals surface area (Å²) in [6, 6.07) is 2.89. The van der Waals surface area contributed by atoms with Crippen LogP contribution in [0.5, 0.6) is 0 Å². The van der Waals surface area contributed by atoms with Crippen LogP contribution in [-0.4, -0.2) is 19.0 Å². The van der Waals surface area contributed by atoms with Gasteiger partial charge in [-0.3, -0.25) is 4.79 Å². The Morgan fingerprint density at radius 2 is 2.00 bits per heavy atom. The van der Waals surface area contributed by atoms with E-state index in [1.54, 1.807) is 6.92 Å². The molecular weight excluding hydrogens is 202 g/mol. The molecule has 5 heteroatoms. The fourth-order valence-corrected chi connectivity index (χ4v) is 1.12. The number of amides is 1. The number of carbonyl (C=O) groups excluding carboxylic acids is 1. The highest BCUT2D eigenvalue weighted by Crippen LogP contribution is 2.13. The summed E-state index contributed by atoms with van der Waals surface area (Å²) in [5.41, 5.74) is 0.366. The molecule has 2 N–H and O–H groups in total. The average molecular weight is 214 g/mol. The number of nitrogens with one attached hydrogen (secondary N) is 2. The highest BCUT2D eigenvalue weighted by atomic mass is 19.2. The predicted molar refractivity (Wildman–Crippen MR) is 53.5 cm³/mol. The second-order valence-corrected chi connectivity index (χ2v) is 3.11. The van der Waals surface area contributed by atoms with Crippen LogP contribution in [0.15, 0.2) is 18.2 Å². The van der Waals surface area contributed by atoms with Crippen molar-refractivity contribution >= 4 is 11.6 Å². The average Bonchev–Trinajstić information content (AvgIpc) is 2.22. The maximum absolute atomic E-state index is 12.8. The third kappa shape index (κ3) is 2.90. The van der Waals surface area contributed by atoms with Crippen LogP contribution >= 0.6 is 0 Å². The third-order valence-electron chi connectivity index (χ3n) is 1.94. The molecule has 0 aliphatic rings. The first kappa shape index (κ1) is 11.4. The molecule has 82 valence electrons. The van der Waals surface area contributed by atoms with Gasteiger partial charge in [0.15, 0.2) is 11.6 Å². The first-order valence-corrected chi connectivity index (χ1v) is 4.47. The molecule has 1 aromatic rings. The number of rotatable bonds is 3. The maximum atomic E-state index is 12.8. The molecule has 0 saturated carbocycles. The van der Waals surface area contributed by atoms with Crippen molar-refractivity contribution < 1.29 is 13.6 Å². The zero-order valence-corrected chi connectivity index (χ0v) is 8.47. The van der Waals surface area contributed by atoms with Crippen LogP contribution in [0.1, 0.15) is 6.92 Å². The van der Waals surface area contributed by atoms with Gasteiger partial charge in [0.05, 0.1) is 0 Å². The second kappa shape index (κ2) is 4.72. The third-order valence-corrected chi connectivity index (χ3v) is 1.94. The van der Waals surface area contributed by atoms with Crippen LogP contribution < -0.4 is 10.6 Å². The largest absolute Gasteiger partial charge is 0.374 e. The molecule has 1 atom stereocenters. The van der Waals surface area contributed by atoms with Gasteiger partial charge in [-0.05, 0) is 19.1 Å². The second-order valence-electron chi connectivity index (χ2n) is 3.11. The van der Waals surface area contributed by atoms with Gasteiger partial charge in [-0.2, -0.15) is 0 Å². The quantitative estimate of drug-likeness (QED) is 0.800. The zero-order chi connectivity index (χ0) is 11.4. The number of anilines is 1. The Morgan fingerprint density at radius 3 is 2.53 bits per heavy atom. The van der Waals surface area contributed by atoms with Gasteiger partial charge in [0.2, 0.25) is 5.91 Å². The summed E-state index contributed by atoms with van der Waals surface area (Å²) in [7, 11) is 1.51. The topological polar surface area (TPSA) is 41.1 Å². The van der Waals surface area contributed by atoms with Crippen molar-refractivity contribution in [3.8, 4) is 0 Å². The molecular formula is C10H12F2N2O. The van der Waals surface area contributed by atoms with Crippen molar-refractivity contribution in [3.63, 3.8) is 0 Å². The van der Waals surface area contributed by atoms with Gasteiger partial charge in [-0.25, -0.2) is 8.78 Å². The summed E-state index contributed by atoms with van der Waals surface area (Å²) in [5, 5.41) is 5.18. The molecule has 0 spiro atoms. The highest BCUT2D eigenvalue weighted by Gasteiger charge is 2.11. The van der Waals surface area contributed by atoms with Crippen molar-refractivity contribution in [2.24, 2.45) is 0 Å². The summed E-state index contributed by atoms with van der Waals surface area (Å²) in [5.74, 6) is -2.07. The molecule has 0 fully saturated rings. The zero-order valence-electron chi connectivity index (χ0n) is 8.47. The van der Waals surface area contributed by atoms with Crippen molar-refractivity contribution in [2.45, 2.75) is 13.0 Å². The van der Waals surface area contributed by atoms with Gasteiger partial charge in [0, 0.05) is 18.8 Å². The van der Waals surface area contributed by atoms with E-state index in [9.17, 15) is 13.6 Å². The Kier molecular flexibility index (Phi) is 3.60. The first-order chi connectivity index (χ1) is 7.04. The molecule has 1 unspecified atom stereocenters. The minimum atomic E-state index is -0.941. The van der Waals surface area contributed by atoms with Crippen molar-refractivity contribution in [3.05, 3.63) is 29.8 Å². The molecule has 0 saturated heterocycles. The minimum Gasteiger partial charge on any atom is -0.374 e. The van der Waals surface area contributed by atoms with Crippen LogP contribution in [-0.2, 0) is 4.79 Å². The maximum Gasteiger partial charge on any atom is 0.241 e. The van der Waals surface area contributed by atoms with E-state index in [0.29, 0.717) is 5.69 Å². The van der Waals surface area contributed by atoms with Crippen molar-refractivity contribution in [1.82, 2.24) is 5.32 Å². The van der Waals surface area contributed by atoms with E-state index < -0.39 is 17.7 Å². The fraction of sp³-hybridized carbons (Fsp3) is 0.300. The molecule has 0 aliphatic heterocycles. The Balaban J connectivity index is 2.73. The monoisotopic (exact) mass is 214 g/mol. The Morgan fingerprint density at radius 1 is 1.33 bits per heavy atom. The molecule has 1 rings (SSSR count). The van der Waals surface area contributed by atoms with E-state index in [2.05, 4.69) is 10.6 Å². The van der Waals surface area contributed by atoms with Crippen molar-refractivity contribution in [1.29, 1.82) is 0 Å². The minimum absolute atomic E-state index is 0.222. The smallest absolute Gasteiger partial charge is 0.241 e. The van der Waals surface area contributed by atoms with Gasteiger partial charge in [0.1, 0.15) is 6.04 Å². The van der Waals surface area contributed by atoms with Gasteiger partial charge in [0.25, 0.3) is 0 Å².